The lowest BCUT2D eigenvalue weighted by Gasteiger charge is -2.34. The standard InChI is InChI=1S/C23H27N7O2/c31-23(19-16-20(32-27-19)18-6-5-9-24-17-18)30-14-12-29(13-15-30)22-8-7-21(25-26-22)28-10-3-1-2-4-11-28/h5-9,16-17H,1-4,10-15H2. The zero-order valence-electron chi connectivity index (χ0n) is 18.1. The minimum atomic E-state index is -0.119. The molecular formula is C23H27N7O2. The van der Waals surface area contributed by atoms with Crippen molar-refractivity contribution in [2.24, 2.45) is 0 Å². The average molecular weight is 434 g/mol. The summed E-state index contributed by atoms with van der Waals surface area (Å²) in [5, 5.41) is 12.9. The van der Waals surface area contributed by atoms with Gasteiger partial charge in [0.05, 0.1) is 0 Å². The number of aromatic nitrogens is 4. The van der Waals surface area contributed by atoms with Crippen LogP contribution in [0.15, 0.2) is 47.2 Å². The zero-order valence-corrected chi connectivity index (χ0v) is 18.1. The van der Waals surface area contributed by atoms with E-state index in [-0.39, 0.29) is 5.91 Å². The molecule has 0 aromatic carbocycles. The van der Waals surface area contributed by atoms with Crippen molar-refractivity contribution in [1.82, 2.24) is 25.2 Å². The molecule has 9 heteroatoms. The molecule has 0 N–H and O–H groups in total. The Bertz CT molecular complexity index is 1020. The summed E-state index contributed by atoms with van der Waals surface area (Å²) < 4.78 is 5.35. The number of hydrogen-bond donors (Lipinski definition) is 0. The molecule has 1 amide bonds. The second-order valence-corrected chi connectivity index (χ2v) is 8.25. The third-order valence-electron chi connectivity index (χ3n) is 6.13. The van der Waals surface area contributed by atoms with Gasteiger partial charge in [-0.25, -0.2) is 0 Å². The van der Waals surface area contributed by atoms with Crippen LogP contribution in [-0.4, -0.2) is 70.4 Å². The first kappa shape index (κ1) is 20.4. The fourth-order valence-corrected chi connectivity index (χ4v) is 4.28. The second kappa shape index (κ2) is 9.33. The molecule has 0 bridgehead atoms. The third kappa shape index (κ3) is 4.42. The highest BCUT2D eigenvalue weighted by Gasteiger charge is 2.25. The van der Waals surface area contributed by atoms with Crippen molar-refractivity contribution in [3.05, 3.63) is 48.4 Å². The monoisotopic (exact) mass is 433 g/mol. The van der Waals surface area contributed by atoms with E-state index < -0.39 is 0 Å². The van der Waals surface area contributed by atoms with Crippen LogP contribution in [0.1, 0.15) is 36.2 Å². The summed E-state index contributed by atoms with van der Waals surface area (Å²) >= 11 is 0. The molecule has 9 nitrogen and oxygen atoms in total. The van der Waals surface area contributed by atoms with Gasteiger partial charge in [-0.1, -0.05) is 18.0 Å². The van der Waals surface area contributed by atoms with Crippen molar-refractivity contribution in [2.45, 2.75) is 25.7 Å². The average Bonchev–Trinajstić information content (AvgIpc) is 3.20. The van der Waals surface area contributed by atoms with E-state index in [0.29, 0.717) is 37.6 Å². The van der Waals surface area contributed by atoms with Gasteiger partial charge in [-0.05, 0) is 37.1 Å². The summed E-state index contributed by atoms with van der Waals surface area (Å²) in [6, 6.07) is 9.49. The summed E-state index contributed by atoms with van der Waals surface area (Å²) in [6.45, 7) is 4.72. The van der Waals surface area contributed by atoms with Crippen LogP contribution in [-0.2, 0) is 0 Å². The van der Waals surface area contributed by atoms with E-state index in [2.05, 4.69) is 36.2 Å². The predicted molar refractivity (Wildman–Crippen MR) is 121 cm³/mol. The molecule has 5 rings (SSSR count). The summed E-state index contributed by atoms with van der Waals surface area (Å²) in [5.74, 6) is 2.24. The van der Waals surface area contributed by atoms with Gasteiger partial charge in [0.15, 0.2) is 23.1 Å². The minimum absolute atomic E-state index is 0.119. The number of anilines is 2. The van der Waals surface area contributed by atoms with Crippen LogP contribution in [0.3, 0.4) is 0 Å². The number of rotatable bonds is 4. The Balaban J connectivity index is 1.18. The number of piperazine rings is 1. The topological polar surface area (TPSA) is 91.5 Å². The third-order valence-corrected chi connectivity index (χ3v) is 6.13. The van der Waals surface area contributed by atoms with Crippen molar-refractivity contribution < 1.29 is 9.32 Å². The molecule has 5 heterocycles. The maximum absolute atomic E-state index is 12.9. The van der Waals surface area contributed by atoms with Gasteiger partial charge in [0.2, 0.25) is 0 Å². The lowest BCUT2D eigenvalue weighted by molar-refractivity contribution is 0.0736. The molecule has 166 valence electrons. The molecule has 0 spiro atoms. The van der Waals surface area contributed by atoms with Gasteiger partial charge in [-0.3, -0.25) is 9.78 Å². The Morgan fingerprint density at radius 2 is 1.53 bits per heavy atom. The van der Waals surface area contributed by atoms with E-state index >= 15 is 0 Å². The molecule has 0 radical (unpaired) electrons. The van der Waals surface area contributed by atoms with Crippen LogP contribution in [0.2, 0.25) is 0 Å². The first-order valence-electron chi connectivity index (χ1n) is 11.3. The molecule has 32 heavy (non-hydrogen) atoms. The normalized spacial score (nSPS) is 17.3. The molecule has 0 aliphatic carbocycles. The molecule has 0 saturated carbocycles. The number of carbonyl (C=O) groups excluding carboxylic acids is 1. The molecule has 0 unspecified atom stereocenters. The van der Waals surface area contributed by atoms with Crippen LogP contribution in [0.4, 0.5) is 11.6 Å². The van der Waals surface area contributed by atoms with Crippen molar-refractivity contribution in [3.63, 3.8) is 0 Å². The minimum Gasteiger partial charge on any atom is -0.355 e. The highest BCUT2D eigenvalue weighted by molar-refractivity contribution is 5.93. The zero-order chi connectivity index (χ0) is 21.8. The van der Waals surface area contributed by atoms with E-state index in [1.807, 2.05) is 18.2 Å². The van der Waals surface area contributed by atoms with Crippen molar-refractivity contribution in [2.75, 3.05) is 49.1 Å². The maximum atomic E-state index is 12.9. The number of hydrogen-bond acceptors (Lipinski definition) is 8. The van der Waals surface area contributed by atoms with Crippen molar-refractivity contribution in [1.29, 1.82) is 0 Å². The molecule has 0 atom stereocenters. The fourth-order valence-electron chi connectivity index (χ4n) is 4.28. The van der Waals surface area contributed by atoms with Gasteiger partial charge in [-0.15, -0.1) is 10.2 Å². The Hall–Kier alpha value is -3.49. The molecule has 2 aliphatic heterocycles. The van der Waals surface area contributed by atoms with E-state index in [1.54, 1.807) is 23.4 Å². The Labute approximate surface area is 187 Å². The van der Waals surface area contributed by atoms with E-state index in [4.69, 9.17) is 4.52 Å². The van der Waals surface area contributed by atoms with Crippen LogP contribution in [0.5, 0.6) is 0 Å². The fraction of sp³-hybridized carbons (Fsp3) is 0.435. The highest BCUT2D eigenvalue weighted by Crippen LogP contribution is 2.22. The van der Waals surface area contributed by atoms with Crippen LogP contribution >= 0.6 is 0 Å². The van der Waals surface area contributed by atoms with Crippen LogP contribution in [0, 0.1) is 0 Å². The predicted octanol–water partition coefficient (Wildman–Crippen LogP) is 2.87. The number of carbonyl (C=O) groups is 1. The summed E-state index contributed by atoms with van der Waals surface area (Å²) in [7, 11) is 0. The van der Waals surface area contributed by atoms with Crippen molar-refractivity contribution in [3.8, 4) is 11.3 Å². The lowest BCUT2D eigenvalue weighted by Crippen LogP contribution is -2.49. The Kier molecular flexibility index (Phi) is 5.96. The number of nitrogens with zero attached hydrogens (tertiary/aromatic N) is 7. The van der Waals surface area contributed by atoms with Gasteiger partial charge in [0.1, 0.15) is 0 Å². The number of amides is 1. The summed E-state index contributed by atoms with van der Waals surface area (Å²) in [5.41, 5.74) is 1.12. The quantitative estimate of drug-likeness (QED) is 0.620. The molecule has 2 fully saturated rings. The highest BCUT2D eigenvalue weighted by atomic mass is 16.5. The van der Waals surface area contributed by atoms with Crippen molar-refractivity contribution >= 4 is 17.5 Å². The maximum Gasteiger partial charge on any atom is 0.276 e. The molecular weight excluding hydrogens is 406 g/mol. The van der Waals surface area contributed by atoms with Gasteiger partial charge < -0.3 is 19.2 Å². The summed E-state index contributed by atoms with van der Waals surface area (Å²) in [6.07, 6.45) is 8.41. The second-order valence-electron chi connectivity index (χ2n) is 8.25. The Morgan fingerprint density at radius 3 is 2.16 bits per heavy atom. The smallest absolute Gasteiger partial charge is 0.276 e. The lowest BCUT2D eigenvalue weighted by atomic mass is 10.2. The summed E-state index contributed by atoms with van der Waals surface area (Å²) in [4.78, 5) is 23.3. The largest absolute Gasteiger partial charge is 0.355 e. The van der Waals surface area contributed by atoms with Gasteiger partial charge in [-0.2, -0.15) is 0 Å². The van der Waals surface area contributed by atoms with E-state index in [9.17, 15) is 4.79 Å². The first-order chi connectivity index (χ1) is 15.8. The van der Waals surface area contributed by atoms with Gasteiger partial charge >= 0.3 is 0 Å². The van der Waals surface area contributed by atoms with E-state index in [1.165, 1.54) is 25.7 Å². The van der Waals surface area contributed by atoms with Crippen LogP contribution < -0.4 is 9.80 Å². The van der Waals surface area contributed by atoms with Gasteiger partial charge in [0, 0.05) is 63.3 Å². The van der Waals surface area contributed by atoms with E-state index in [0.717, 1.165) is 30.3 Å². The molecule has 2 saturated heterocycles. The Morgan fingerprint density at radius 1 is 0.844 bits per heavy atom. The van der Waals surface area contributed by atoms with Crippen LogP contribution in [0.25, 0.3) is 11.3 Å². The molecule has 2 aliphatic rings. The molecule has 3 aromatic heterocycles. The number of pyridine rings is 1. The SMILES string of the molecule is O=C(c1cc(-c2cccnc2)on1)N1CCN(c2ccc(N3CCCCCC3)nn2)CC1. The van der Waals surface area contributed by atoms with Gasteiger partial charge in [0.25, 0.3) is 5.91 Å². The molecule has 3 aromatic rings. The first-order valence-corrected chi connectivity index (χ1v) is 11.3.